The molecule has 2 aromatic rings. The van der Waals surface area contributed by atoms with Gasteiger partial charge in [-0.3, -0.25) is 5.32 Å². The minimum absolute atomic E-state index is 0.363. The molecule has 2 rings (SSSR count). The molecule has 0 saturated heterocycles. The monoisotopic (exact) mass is 268 g/mol. The molecule has 0 saturated carbocycles. The predicted octanol–water partition coefficient (Wildman–Crippen LogP) is 3.66. The van der Waals surface area contributed by atoms with E-state index >= 15 is 0 Å². The number of ether oxygens (including phenoxy) is 1. The second kappa shape index (κ2) is 6.40. The van der Waals surface area contributed by atoms with Crippen molar-refractivity contribution in [3.05, 3.63) is 42.0 Å². The number of nitriles is 1. The molecule has 1 atom stereocenters. The Morgan fingerprint density at radius 2 is 1.95 bits per heavy atom. The van der Waals surface area contributed by atoms with E-state index in [-0.39, 0.29) is 6.04 Å². The molecule has 2 aromatic carbocycles. The van der Waals surface area contributed by atoms with Crippen LogP contribution in [0.15, 0.2) is 36.4 Å². The Morgan fingerprint density at radius 3 is 2.60 bits per heavy atom. The van der Waals surface area contributed by atoms with Crippen molar-refractivity contribution in [2.45, 2.75) is 19.9 Å². The first-order valence-electron chi connectivity index (χ1n) is 6.86. The third kappa shape index (κ3) is 2.92. The van der Waals surface area contributed by atoms with Crippen LogP contribution in [0.1, 0.15) is 25.5 Å². The first-order valence-corrected chi connectivity index (χ1v) is 6.86. The van der Waals surface area contributed by atoms with E-state index in [1.54, 1.807) is 7.11 Å². The average molecular weight is 268 g/mol. The summed E-state index contributed by atoms with van der Waals surface area (Å²) in [5, 5.41) is 15.0. The molecule has 0 aliphatic rings. The van der Waals surface area contributed by atoms with Crippen LogP contribution < -0.4 is 10.1 Å². The van der Waals surface area contributed by atoms with Gasteiger partial charge in [-0.15, -0.1) is 0 Å². The molecule has 0 spiro atoms. The number of fused-ring (bicyclic) bond motifs is 1. The quantitative estimate of drug-likeness (QED) is 0.900. The predicted molar refractivity (Wildman–Crippen MR) is 81.7 cm³/mol. The number of nitrogens with zero attached hydrogens (tertiary/aromatic N) is 1. The molecule has 1 N–H and O–H groups in total. The van der Waals surface area contributed by atoms with Gasteiger partial charge in [0.1, 0.15) is 11.8 Å². The Morgan fingerprint density at radius 1 is 1.20 bits per heavy atom. The van der Waals surface area contributed by atoms with Gasteiger partial charge in [0.15, 0.2) is 0 Å². The molecular formula is C17H20N2O. The standard InChI is InChI=1S/C17H20N2O/c1-12(2)11-19-15(10-18)17-14-7-5-4-6-13(14)8-9-16(17)20-3/h4-9,12,15,19H,11H2,1-3H3. The van der Waals surface area contributed by atoms with Crippen molar-refractivity contribution in [1.82, 2.24) is 5.32 Å². The van der Waals surface area contributed by atoms with Crippen LogP contribution in [-0.2, 0) is 0 Å². The van der Waals surface area contributed by atoms with Gasteiger partial charge in [-0.1, -0.05) is 44.2 Å². The summed E-state index contributed by atoms with van der Waals surface area (Å²) in [7, 11) is 1.64. The van der Waals surface area contributed by atoms with Crippen LogP contribution in [0.25, 0.3) is 10.8 Å². The summed E-state index contributed by atoms with van der Waals surface area (Å²) in [5.41, 5.74) is 0.925. The molecule has 0 aliphatic heterocycles. The number of methoxy groups -OCH3 is 1. The van der Waals surface area contributed by atoms with E-state index in [2.05, 4.69) is 31.3 Å². The Bertz CT molecular complexity index is 628. The Labute approximate surface area is 120 Å². The number of hydrogen-bond donors (Lipinski definition) is 1. The molecule has 0 heterocycles. The highest BCUT2D eigenvalue weighted by atomic mass is 16.5. The second-order valence-electron chi connectivity index (χ2n) is 5.27. The van der Waals surface area contributed by atoms with Gasteiger partial charge in [-0.25, -0.2) is 0 Å². The maximum absolute atomic E-state index is 9.50. The van der Waals surface area contributed by atoms with Gasteiger partial charge in [-0.05, 0) is 29.3 Å². The van der Waals surface area contributed by atoms with Crippen LogP contribution in [0, 0.1) is 17.2 Å². The van der Waals surface area contributed by atoms with E-state index in [0.29, 0.717) is 5.92 Å². The third-order valence-electron chi connectivity index (χ3n) is 3.30. The van der Waals surface area contributed by atoms with Crippen LogP contribution in [-0.4, -0.2) is 13.7 Å². The molecule has 1 unspecified atom stereocenters. The zero-order chi connectivity index (χ0) is 14.5. The van der Waals surface area contributed by atoms with Gasteiger partial charge in [-0.2, -0.15) is 5.26 Å². The molecule has 0 amide bonds. The molecule has 3 nitrogen and oxygen atoms in total. The van der Waals surface area contributed by atoms with Crippen molar-refractivity contribution >= 4 is 10.8 Å². The van der Waals surface area contributed by atoms with Gasteiger partial charge < -0.3 is 4.74 Å². The Hall–Kier alpha value is -2.05. The van der Waals surface area contributed by atoms with Crippen molar-refractivity contribution in [2.24, 2.45) is 5.92 Å². The molecule has 0 aliphatic carbocycles. The Balaban J connectivity index is 2.51. The summed E-state index contributed by atoms with van der Waals surface area (Å²) in [6.07, 6.45) is 0. The fourth-order valence-corrected chi connectivity index (χ4v) is 2.32. The van der Waals surface area contributed by atoms with Crippen LogP contribution in [0.5, 0.6) is 5.75 Å². The fourth-order valence-electron chi connectivity index (χ4n) is 2.32. The number of rotatable bonds is 5. The lowest BCUT2D eigenvalue weighted by molar-refractivity contribution is 0.404. The van der Waals surface area contributed by atoms with Gasteiger partial charge >= 0.3 is 0 Å². The van der Waals surface area contributed by atoms with Gasteiger partial charge in [0.25, 0.3) is 0 Å². The minimum atomic E-state index is -0.363. The summed E-state index contributed by atoms with van der Waals surface area (Å²) in [4.78, 5) is 0. The van der Waals surface area contributed by atoms with Crippen LogP contribution in [0.3, 0.4) is 0 Å². The van der Waals surface area contributed by atoms with Crippen molar-refractivity contribution in [2.75, 3.05) is 13.7 Å². The lowest BCUT2D eigenvalue weighted by atomic mass is 9.98. The molecule has 0 aromatic heterocycles. The normalized spacial score (nSPS) is 12.3. The lowest BCUT2D eigenvalue weighted by Crippen LogP contribution is -2.25. The highest BCUT2D eigenvalue weighted by molar-refractivity contribution is 5.88. The van der Waals surface area contributed by atoms with Crippen molar-refractivity contribution in [1.29, 1.82) is 5.26 Å². The summed E-state index contributed by atoms with van der Waals surface area (Å²) < 4.78 is 5.45. The van der Waals surface area contributed by atoms with E-state index in [9.17, 15) is 5.26 Å². The molecule has 0 bridgehead atoms. The van der Waals surface area contributed by atoms with Gasteiger partial charge in [0, 0.05) is 5.56 Å². The number of hydrogen-bond acceptors (Lipinski definition) is 3. The maximum Gasteiger partial charge on any atom is 0.125 e. The van der Waals surface area contributed by atoms with E-state index in [4.69, 9.17) is 4.74 Å². The topological polar surface area (TPSA) is 45.0 Å². The van der Waals surface area contributed by atoms with E-state index in [1.165, 1.54) is 0 Å². The highest BCUT2D eigenvalue weighted by Crippen LogP contribution is 2.32. The first-order chi connectivity index (χ1) is 9.67. The van der Waals surface area contributed by atoms with Crippen molar-refractivity contribution in [3.8, 4) is 11.8 Å². The first kappa shape index (κ1) is 14.4. The summed E-state index contributed by atoms with van der Waals surface area (Å²) in [6, 6.07) is 14.0. The summed E-state index contributed by atoms with van der Waals surface area (Å²) in [5.74, 6) is 1.25. The smallest absolute Gasteiger partial charge is 0.125 e. The van der Waals surface area contributed by atoms with Gasteiger partial charge in [0.2, 0.25) is 0 Å². The largest absolute Gasteiger partial charge is 0.496 e. The highest BCUT2D eigenvalue weighted by Gasteiger charge is 2.18. The number of nitrogens with one attached hydrogen (secondary N) is 1. The van der Waals surface area contributed by atoms with E-state index < -0.39 is 0 Å². The fraction of sp³-hybridized carbons (Fsp3) is 0.353. The second-order valence-corrected chi connectivity index (χ2v) is 5.27. The molecular weight excluding hydrogens is 248 g/mol. The lowest BCUT2D eigenvalue weighted by Gasteiger charge is -2.18. The van der Waals surface area contributed by atoms with E-state index in [1.807, 2.05) is 30.3 Å². The third-order valence-corrected chi connectivity index (χ3v) is 3.30. The molecule has 104 valence electrons. The number of benzene rings is 2. The summed E-state index contributed by atoms with van der Waals surface area (Å²) in [6.45, 7) is 5.05. The summed E-state index contributed by atoms with van der Waals surface area (Å²) >= 11 is 0. The SMILES string of the molecule is COc1ccc2ccccc2c1C(C#N)NCC(C)C. The van der Waals surface area contributed by atoms with Crippen LogP contribution >= 0.6 is 0 Å². The zero-order valence-corrected chi connectivity index (χ0v) is 12.2. The van der Waals surface area contributed by atoms with Crippen LogP contribution in [0.2, 0.25) is 0 Å². The molecule has 20 heavy (non-hydrogen) atoms. The average Bonchev–Trinajstić information content (AvgIpc) is 2.47. The van der Waals surface area contributed by atoms with Gasteiger partial charge in [0.05, 0.1) is 13.2 Å². The molecule has 0 fully saturated rings. The zero-order valence-electron chi connectivity index (χ0n) is 12.2. The van der Waals surface area contributed by atoms with Crippen molar-refractivity contribution < 1.29 is 4.74 Å². The van der Waals surface area contributed by atoms with Crippen LogP contribution in [0.4, 0.5) is 0 Å². The molecule has 0 radical (unpaired) electrons. The maximum atomic E-state index is 9.50. The Kier molecular flexibility index (Phi) is 4.60. The van der Waals surface area contributed by atoms with Crippen molar-refractivity contribution in [3.63, 3.8) is 0 Å². The van der Waals surface area contributed by atoms with E-state index in [0.717, 1.165) is 28.6 Å². The minimum Gasteiger partial charge on any atom is -0.496 e. The molecule has 3 heteroatoms.